The van der Waals surface area contributed by atoms with Crippen LogP contribution in [0.25, 0.3) is 0 Å². The van der Waals surface area contributed by atoms with Crippen LogP contribution in [-0.4, -0.2) is 31.1 Å². The largest absolute Gasteiger partial charge is 0.404 e. The Balaban J connectivity index is 3.63. The molecule has 0 fully saturated rings. The molecule has 0 aliphatic heterocycles. The highest BCUT2D eigenvalue weighted by atomic mass is 32.2. The van der Waals surface area contributed by atoms with E-state index in [-0.39, 0.29) is 0 Å². The van der Waals surface area contributed by atoms with Crippen LogP contribution < -0.4 is 5.73 Å². The lowest BCUT2D eigenvalue weighted by Gasteiger charge is -1.89. The zero-order chi connectivity index (χ0) is 8.53. The van der Waals surface area contributed by atoms with Crippen LogP contribution in [0.5, 0.6) is 0 Å². The number of hydrogen-bond donors (Lipinski definition) is 1. The maximum Gasteiger partial charge on any atom is 0.153 e. The molecule has 0 heterocycles. The predicted molar refractivity (Wildman–Crippen MR) is 50.1 cm³/mol. The Morgan fingerprint density at radius 2 is 2.45 bits per heavy atom. The summed E-state index contributed by atoms with van der Waals surface area (Å²) in [5, 5.41) is 0. The molecule has 0 aliphatic carbocycles. The maximum atomic E-state index is 10.2. The summed E-state index contributed by atoms with van der Waals surface area (Å²) < 4.78 is 0. The molecule has 0 atom stereocenters. The molecule has 0 aromatic heterocycles. The Labute approximate surface area is 70.8 Å². The lowest BCUT2D eigenvalue weighted by atomic mass is 10.3. The van der Waals surface area contributed by atoms with Crippen LogP contribution in [0.15, 0.2) is 16.8 Å². The highest BCUT2D eigenvalue weighted by molar-refractivity contribution is 7.98. The van der Waals surface area contributed by atoms with Crippen molar-refractivity contribution in [3.63, 3.8) is 0 Å². The van der Waals surface area contributed by atoms with Crippen molar-refractivity contribution in [3.05, 3.63) is 11.8 Å². The average molecular weight is 172 g/mol. The SMILES string of the molecule is CSCCN=C/C(C=O)=C\N. The van der Waals surface area contributed by atoms with Gasteiger partial charge in [0.2, 0.25) is 0 Å². The van der Waals surface area contributed by atoms with E-state index in [1.54, 1.807) is 11.8 Å². The molecule has 2 N–H and O–H groups in total. The molecular formula is C7H12N2OS. The minimum atomic E-state index is 0.422. The molecule has 0 saturated heterocycles. The standard InChI is InChI=1S/C7H12N2OS/c1-11-3-2-9-5-7(4-8)6-10/h4-6H,2-3,8H2,1H3/b7-4+,9-5?. The maximum absolute atomic E-state index is 10.2. The van der Waals surface area contributed by atoms with Crippen molar-refractivity contribution in [2.75, 3.05) is 18.6 Å². The first-order chi connectivity index (χ1) is 5.35. The van der Waals surface area contributed by atoms with Gasteiger partial charge in [-0.2, -0.15) is 11.8 Å². The molecule has 0 spiro atoms. The molecule has 0 aromatic carbocycles. The van der Waals surface area contributed by atoms with E-state index in [4.69, 9.17) is 5.73 Å². The molecule has 0 aliphatic rings. The average Bonchev–Trinajstić information content (AvgIpc) is 2.05. The first-order valence-electron chi connectivity index (χ1n) is 3.21. The summed E-state index contributed by atoms with van der Waals surface area (Å²) in [5.41, 5.74) is 5.53. The van der Waals surface area contributed by atoms with E-state index in [0.717, 1.165) is 12.3 Å². The van der Waals surface area contributed by atoms with Gasteiger partial charge in [0.1, 0.15) is 0 Å². The number of allylic oxidation sites excluding steroid dienone is 1. The van der Waals surface area contributed by atoms with Gasteiger partial charge in [0.25, 0.3) is 0 Å². The van der Waals surface area contributed by atoms with Crippen molar-refractivity contribution in [3.8, 4) is 0 Å². The Morgan fingerprint density at radius 1 is 1.73 bits per heavy atom. The summed E-state index contributed by atoms with van der Waals surface area (Å²) in [6, 6.07) is 0. The Bertz CT molecular complexity index is 166. The Hall–Kier alpha value is -0.770. The highest BCUT2D eigenvalue weighted by Gasteiger charge is 1.85. The zero-order valence-electron chi connectivity index (χ0n) is 6.49. The fourth-order valence-corrected chi connectivity index (χ4v) is 0.715. The van der Waals surface area contributed by atoms with Crippen molar-refractivity contribution in [2.24, 2.45) is 10.7 Å². The van der Waals surface area contributed by atoms with Crippen molar-refractivity contribution >= 4 is 24.3 Å². The number of nitrogens with two attached hydrogens (primary N) is 1. The zero-order valence-corrected chi connectivity index (χ0v) is 7.30. The molecule has 0 unspecified atom stereocenters. The molecule has 0 aromatic rings. The van der Waals surface area contributed by atoms with Crippen LogP contribution in [0.4, 0.5) is 0 Å². The van der Waals surface area contributed by atoms with Crippen molar-refractivity contribution in [2.45, 2.75) is 0 Å². The number of aliphatic imine (C=N–C) groups is 1. The fraction of sp³-hybridized carbons (Fsp3) is 0.429. The van der Waals surface area contributed by atoms with E-state index < -0.39 is 0 Å². The molecule has 11 heavy (non-hydrogen) atoms. The third-order valence-electron chi connectivity index (χ3n) is 0.993. The van der Waals surface area contributed by atoms with Crippen LogP contribution in [-0.2, 0) is 4.79 Å². The summed E-state index contributed by atoms with van der Waals surface area (Å²) in [6.07, 6.45) is 5.43. The van der Waals surface area contributed by atoms with Gasteiger partial charge in [-0.3, -0.25) is 9.79 Å². The van der Waals surface area contributed by atoms with Gasteiger partial charge in [0.15, 0.2) is 6.29 Å². The van der Waals surface area contributed by atoms with Gasteiger partial charge in [-0.1, -0.05) is 0 Å². The number of carbonyl (C=O) groups excluding carboxylic acids is 1. The van der Waals surface area contributed by atoms with Crippen LogP contribution in [0.2, 0.25) is 0 Å². The molecular weight excluding hydrogens is 160 g/mol. The second-order valence-corrected chi connectivity index (χ2v) is 2.80. The minimum absolute atomic E-state index is 0.422. The summed E-state index contributed by atoms with van der Waals surface area (Å²) in [5.74, 6) is 0.965. The van der Waals surface area contributed by atoms with Crippen LogP contribution in [0.1, 0.15) is 0 Å². The molecule has 3 nitrogen and oxygen atoms in total. The summed E-state index contributed by atoms with van der Waals surface area (Å²) in [4.78, 5) is 14.1. The van der Waals surface area contributed by atoms with Gasteiger partial charge < -0.3 is 5.73 Å². The van der Waals surface area contributed by atoms with Gasteiger partial charge in [0.05, 0.1) is 0 Å². The number of nitrogens with zero attached hydrogens (tertiary/aromatic N) is 1. The Morgan fingerprint density at radius 3 is 2.91 bits per heavy atom. The van der Waals surface area contributed by atoms with E-state index in [1.165, 1.54) is 12.4 Å². The molecule has 0 bridgehead atoms. The van der Waals surface area contributed by atoms with Crippen molar-refractivity contribution < 1.29 is 4.79 Å². The second-order valence-electron chi connectivity index (χ2n) is 1.81. The monoisotopic (exact) mass is 172 g/mol. The molecule has 62 valence electrons. The van der Waals surface area contributed by atoms with Crippen LogP contribution >= 0.6 is 11.8 Å². The second kappa shape index (κ2) is 7.34. The minimum Gasteiger partial charge on any atom is -0.404 e. The first kappa shape index (κ1) is 10.2. The van der Waals surface area contributed by atoms with Gasteiger partial charge in [-0.05, 0) is 6.26 Å². The fourth-order valence-electron chi connectivity index (χ4n) is 0.427. The van der Waals surface area contributed by atoms with Crippen LogP contribution in [0, 0.1) is 0 Å². The number of carbonyl (C=O) groups is 1. The van der Waals surface area contributed by atoms with Gasteiger partial charge >= 0.3 is 0 Å². The number of aldehydes is 1. The van der Waals surface area contributed by atoms with E-state index in [0.29, 0.717) is 11.9 Å². The summed E-state index contributed by atoms with van der Waals surface area (Å²) in [7, 11) is 0. The summed E-state index contributed by atoms with van der Waals surface area (Å²) >= 11 is 1.72. The van der Waals surface area contributed by atoms with E-state index in [2.05, 4.69) is 4.99 Å². The molecule has 0 amide bonds. The highest BCUT2D eigenvalue weighted by Crippen LogP contribution is 1.90. The number of rotatable bonds is 5. The first-order valence-corrected chi connectivity index (χ1v) is 4.60. The Kier molecular flexibility index (Phi) is 6.82. The normalized spacial score (nSPS) is 12.3. The van der Waals surface area contributed by atoms with E-state index in [9.17, 15) is 4.79 Å². The lowest BCUT2D eigenvalue weighted by molar-refractivity contribution is -0.104. The molecule has 4 heteroatoms. The molecule has 0 rings (SSSR count). The van der Waals surface area contributed by atoms with Crippen LogP contribution in [0.3, 0.4) is 0 Å². The quantitative estimate of drug-likeness (QED) is 0.284. The molecule has 0 saturated carbocycles. The third kappa shape index (κ3) is 5.66. The van der Waals surface area contributed by atoms with E-state index >= 15 is 0 Å². The number of thioether (sulfide) groups is 1. The summed E-state index contributed by atoms with van der Waals surface area (Å²) in [6.45, 7) is 0.729. The van der Waals surface area contributed by atoms with Gasteiger partial charge in [-0.25, -0.2) is 0 Å². The lowest BCUT2D eigenvalue weighted by Crippen LogP contribution is -1.93. The third-order valence-corrected chi connectivity index (χ3v) is 1.58. The van der Waals surface area contributed by atoms with Crippen molar-refractivity contribution in [1.29, 1.82) is 0 Å². The van der Waals surface area contributed by atoms with Gasteiger partial charge in [-0.15, -0.1) is 0 Å². The van der Waals surface area contributed by atoms with Gasteiger partial charge in [0, 0.05) is 30.3 Å². The molecule has 0 radical (unpaired) electrons. The van der Waals surface area contributed by atoms with E-state index in [1.807, 2.05) is 6.26 Å². The van der Waals surface area contributed by atoms with Crippen molar-refractivity contribution in [1.82, 2.24) is 0 Å². The smallest absolute Gasteiger partial charge is 0.153 e. The topological polar surface area (TPSA) is 55.5 Å². The number of hydrogen-bond acceptors (Lipinski definition) is 4. The predicted octanol–water partition coefficient (Wildman–Crippen LogP) is 0.462.